The van der Waals surface area contributed by atoms with Crippen molar-refractivity contribution in [3.05, 3.63) is 66.1 Å². The van der Waals surface area contributed by atoms with Crippen molar-refractivity contribution in [3.63, 3.8) is 0 Å². The van der Waals surface area contributed by atoms with Gasteiger partial charge in [0.1, 0.15) is 5.56 Å². The Morgan fingerprint density at radius 1 is 1.14 bits per heavy atom. The fraction of sp³-hybridized carbons (Fsp3) is 0.0625. The van der Waals surface area contributed by atoms with Crippen molar-refractivity contribution in [2.75, 3.05) is 5.32 Å². The van der Waals surface area contributed by atoms with Gasteiger partial charge in [0.2, 0.25) is 0 Å². The molecule has 5 heteroatoms. The van der Waals surface area contributed by atoms with Gasteiger partial charge in [-0.25, -0.2) is 4.79 Å². The van der Waals surface area contributed by atoms with Gasteiger partial charge in [-0.2, -0.15) is 0 Å². The van der Waals surface area contributed by atoms with Crippen molar-refractivity contribution in [2.24, 2.45) is 0 Å². The summed E-state index contributed by atoms with van der Waals surface area (Å²) in [6, 6.07) is 11.2. The molecule has 0 bridgehead atoms. The number of hydrogen-bond acceptors (Lipinski definition) is 4. The van der Waals surface area contributed by atoms with Crippen LogP contribution in [0, 0.1) is 0 Å². The Bertz CT molecular complexity index is 788. The third kappa shape index (κ3) is 2.67. The van der Waals surface area contributed by atoms with Crippen LogP contribution in [0.3, 0.4) is 0 Å². The maximum Gasteiger partial charge on any atom is 0.339 e. The number of carbonyl (C=O) groups is 1. The second kappa shape index (κ2) is 5.58. The van der Waals surface area contributed by atoms with Crippen molar-refractivity contribution in [1.82, 2.24) is 9.97 Å². The van der Waals surface area contributed by atoms with Gasteiger partial charge in [0.05, 0.1) is 11.2 Å². The van der Waals surface area contributed by atoms with E-state index in [1.807, 2.05) is 36.4 Å². The van der Waals surface area contributed by atoms with Gasteiger partial charge in [-0.05, 0) is 23.8 Å². The van der Waals surface area contributed by atoms with Crippen molar-refractivity contribution in [3.8, 4) is 0 Å². The predicted molar refractivity (Wildman–Crippen MR) is 80.3 cm³/mol. The van der Waals surface area contributed by atoms with E-state index in [9.17, 15) is 9.90 Å². The lowest BCUT2D eigenvalue weighted by molar-refractivity contribution is 0.0697. The molecule has 0 radical (unpaired) electrons. The number of aromatic nitrogens is 2. The fourth-order valence-electron chi connectivity index (χ4n) is 2.19. The van der Waals surface area contributed by atoms with Gasteiger partial charge in [0.25, 0.3) is 0 Å². The molecular weight excluding hydrogens is 266 g/mol. The minimum Gasteiger partial charge on any atom is -0.478 e. The van der Waals surface area contributed by atoms with Gasteiger partial charge >= 0.3 is 5.97 Å². The van der Waals surface area contributed by atoms with Crippen molar-refractivity contribution in [1.29, 1.82) is 0 Å². The highest BCUT2D eigenvalue weighted by Gasteiger charge is 2.14. The number of carboxylic acid groups (broad SMARTS) is 1. The van der Waals surface area contributed by atoms with Crippen LogP contribution in [0.2, 0.25) is 0 Å². The molecule has 1 aromatic carbocycles. The molecule has 0 aliphatic rings. The summed E-state index contributed by atoms with van der Waals surface area (Å²) < 4.78 is 0. The second-order valence-electron chi connectivity index (χ2n) is 4.58. The molecule has 104 valence electrons. The largest absolute Gasteiger partial charge is 0.478 e. The number of nitrogens with one attached hydrogen (secondary N) is 1. The highest BCUT2D eigenvalue weighted by Crippen LogP contribution is 2.26. The maximum absolute atomic E-state index is 11.4. The molecule has 2 aromatic heterocycles. The molecule has 0 spiro atoms. The first-order valence-corrected chi connectivity index (χ1v) is 6.49. The number of nitrogens with zero attached hydrogens (tertiary/aromatic N) is 2. The molecule has 0 aliphatic carbocycles. The van der Waals surface area contributed by atoms with Crippen LogP contribution in [0.25, 0.3) is 10.9 Å². The zero-order valence-electron chi connectivity index (χ0n) is 11.2. The molecule has 2 N–H and O–H groups in total. The summed E-state index contributed by atoms with van der Waals surface area (Å²) in [5.41, 5.74) is 2.55. The molecule has 0 unspecified atom stereocenters. The fourth-order valence-corrected chi connectivity index (χ4v) is 2.19. The minimum atomic E-state index is -0.995. The zero-order chi connectivity index (χ0) is 14.7. The van der Waals surface area contributed by atoms with Crippen LogP contribution in [0.1, 0.15) is 15.9 Å². The minimum absolute atomic E-state index is 0.169. The van der Waals surface area contributed by atoms with Gasteiger partial charge in [-0.3, -0.25) is 9.97 Å². The summed E-state index contributed by atoms with van der Waals surface area (Å²) >= 11 is 0. The van der Waals surface area contributed by atoms with Crippen molar-refractivity contribution >= 4 is 22.6 Å². The summed E-state index contributed by atoms with van der Waals surface area (Å²) in [5.74, 6) is -0.995. The van der Waals surface area contributed by atoms with E-state index in [-0.39, 0.29) is 5.56 Å². The number of benzene rings is 1. The molecule has 3 rings (SSSR count). The van der Waals surface area contributed by atoms with E-state index in [0.717, 1.165) is 16.5 Å². The molecule has 0 aliphatic heterocycles. The summed E-state index contributed by atoms with van der Waals surface area (Å²) in [4.78, 5) is 19.5. The van der Waals surface area contributed by atoms with Crippen LogP contribution in [-0.2, 0) is 6.54 Å². The van der Waals surface area contributed by atoms with Gasteiger partial charge in [0, 0.05) is 30.5 Å². The number of anilines is 1. The first-order chi connectivity index (χ1) is 10.3. The van der Waals surface area contributed by atoms with E-state index in [4.69, 9.17) is 0 Å². The number of aromatic carboxylic acids is 1. The quantitative estimate of drug-likeness (QED) is 0.768. The monoisotopic (exact) mass is 279 g/mol. The summed E-state index contributed by atoms with van der Waals surface area (Å²) in [6.45, 7) is 0.525. The SMILES string of the molecule is O=C(O)c1cnc2ccccc2c1NCc1ccncc1. The molecule has 0 amide bonds. The number of pyridine rings is 2. The van der Waals surface area contributed by atoms with Crippen LogP contribution in [0.4, 0.5) is 5.69 Å². The van der Waals surface area contributed by atoms with E-state index < -0.39 is 5.97 Å². The number of para-hydroxylation sites is 1. The van der Waals surface area contributed by atoms with Crippen molar-refractivity contribution in [2.45, 2.75) is 6.54 Å². The first-order valence-electron chi connectivity index (χ1n) is 6.49. The Morgan fingerprint density at radius 3 is 2.67 bits per heavy atom. The maximum atomic E-state index is 11.4. The second-order valence-corrected chi connectivity index (χ2v) is 4.58. The van der Waals surface area contributed by atoms with Gasteiger partial charge in [0.15, 0.2) is 0 Å². The molecule has 3 aromatic rings. The summed E-state index contributed by atoms with van der Waals surface area (Å²) in [5, 5.41) is 13.3. The Labute approximate surface area is 121 Å². The van der Waals surface area contributed by atoms with Gasteiger partial charge in [-0.15, -0.1) is 0 Å². The highest BCUT2D eigenvalue weighted by molar-refractivity contribution is 6.04. The summed E-state index contributed by atoms with van der Waals surface area (Å²) in [6.07, 6.45) is 4.80. The molecular formula is C16H13N3O2. The standard InChI is InChI=1S/C16H13N3O2/c20-16(21)13-10-18-14-4-2-1-3-12(14)15(13)19-9-11-5-7-17-8-6-11/h1-8,10H,9H2,(H,18,19)(H,20,21). The molecule has 5 nitrogen and oxygen atoms in total. The van der Waals surface area contributed by atoms with E-state index in [1.165, 1.54) is 6.20 Å². The number of fused-ring (bicyclic) bond motifs is 1. The lowest BCUT2D eigenvalue weighted by atomic mass is 10.1. The molecule has 0 atom stereocenters. The van der Waals surface area contributed by atoms with Crippen LogP contribution in [-0.4, -0.2) is 21.0 Å². The lowest BCUT2D eigenvalue weighted by Gasteiger charge is -2.12. The number of carboxylic acids is 1. The smallest absolute Gasteiger partial charge is 0.339 e. The lowest BCUT2D eigenvalue weighted by Crippen LogP contribution is -2.08. The first kappa shape index (κ1) is 13.1. The average Bonchev–Trinajstić information content (AvgIpc) is 2.53. The summed E-state index contributed by atoms with van der Waals surface area (Å²) in [7, 11) is 0. The molecule has 0 saturated heterocycles. The molecule has 2 heterocycles. The number of hydrogen-bond donors (Lipinski definition) is 2. The van der Waals surface area contributed by atoms with E-state index in [2.05, 4.69) is 15.3 Å². The van der Waals surface area contributed by atoms with E-state index in [0.29, 0.717) is 12.2 Å². The van der Waals surface area contributed by atoms with Gasteiger partial charge in [-0.1, -0.05) is 18.2 Å². The topological polar surface area (TPSA) is 75.1 Å². The molecule has 0 saturated carbocycles. The normalized spacial score (nSPS) is 10.5. The number of rotatable bonds is 4. The van der Waals surface area contributed by atoms with Crippen molar-refractivity contribution < 1.29 is 9.90 Å². The Hall–Kier alpha value is -2.95. The van der Waals surface area contributed by atoms with E-state index >= 15 is 0 Å². The zero-order valence-corrected chi connectivity index (χ0v) is 11.2. The highest BCUT2D eigenvalue weighted by atomic mass is 16.4. The average molecular weight is 279 g/mol. The molecule has 0 fully saturated rings. The Kier molecular flexibility index (Phi) is 3.47. The third-order valence-corrected chi connectivity index (χ3v) is 3.22. The Balaban J connectivity index is 2.02. The van der Waals surface area contributed by atoms with Crippen LogP contribution < -0.4 is 5.32 Å². The van der Waals surface area contributed by atoms with Gasteiger partial charge < -0.3 is 10.4 Å². The van der Waals surface area contributed by atoms with Crippen LogP contribution in [0.15, 0.2) is 55.0 Å². The van der Waals surface area contributed by atoms with Crippen LogP contribution >= 0.6 is 0 Å². The third-order valence-electron chi connectivity index (χ3n) is 3.22. The predicted octanol–water partition coefficient (Wildman–Crippen LogP) is 2.94. The molecule has 21 heavy (non-hydrogen) atoms. The van der Waals surface area contributed by atoms with E-state index in [1.54, 1.807) is 12.4 Å². The van der Waals surface area contributed by atoms with Crippen LogP contribution in [0.5, 0.6) is 0 Å². The Morgan fingerprint density at radius 2 is 1.90 bits per heavy atom.